The maximum Gasteiger partial charge on any atom is 0.131 e. The molecule has 2 rings (SSSR count). The zero-order valence-electron chi connectivity index (χ0n) is 12.8. The van der Waals surface area contributed by atoms with Crippen molar-refractivity contribution in [1.29, 1.82) is 0 Å². The third-order valence-corrected chi connectivity index (χ3v) is 3.40. The highest BCUT2D eigenvalue weighted by Crippen LogP contribution is 2.39. The number of hydrogen-bond acceptors (Lipinski definition) is 5. The van der Waals surface area contributed by atoms with E-state index in [1.807, 2.05) is 19.1 Å². The summed E-state index contributed by atoms with van der Waals surface area (Å²) in [6.45, 7) is 2.03. The minimum Gasteiger partial charge on any atom is -0.496 e. The molecule has 0 spiro atoms. The van der Waals surface area contributed by atoms with Crippen molar-refractivity contribution in [3.05, 3.63) is 41.3 Å². The van der Waals surface area contributed by atoms with Crippen LogP contribution in [-0.4, -0.2) is 21.3 Å². The molecule has 0 saturated heterocycles. The zero-order chi connectivity index (χ0) is 15.4. The molecule has 1 aromatic heterocycles. The van der Waals surface area contributed by atoms with E-state index in [2.05, 4.69) is 0 Å². The predicted octanol–water partition coefficient (Wildman–Crippen LogP) is 2.92. The van der Waals surface area contributed by atoms with Crippen molar-refractivity contribution >= 4 is 0 Å². The summed E-state index contributed by atoms with van der Waals surface area (Å²) in [4.78, 5) is 0. The third-order valence-electron chi connectivity index (χ3n) is 3.40. The molecular formula is C16H21NO4. The van der Waals surface area contributed by atoms with Gasteiger partial charge in [-0.25, -0.2) is 0 Å². The molecule has 0 aliphatic rings. The molecular weight excluding hydrogens is 270 g/mol. The van der Waals surface area contributed by atoms with Crippen molar-refractivity contribution in [3.8, 4) is 17.2 Å². The number of furan rings is 1. The van der Waals surface area contributed by atoms with E-state index in [-0.39, 0.29) is 0 Å². The molecule has 5 nitrogen and oxygen atoms in total. The van der Waals surface area contributed by atoms with Crippen LogP contribution in [0, 0.1) is 0 Å². The lowest BCUT2D eigenvalue weighted by atomic mass is 10.0. The average Bonchev–Trinajstić information content (AvgIpc) is 3.01. The van der Waals surface area contributed by atoms with Gasteiger partial charge >= 0.3 is 0 Å². The van der Waals surface area contributed by atoms with Crippen molar-refractivity contribution in [2.75, 3.05) is 21.3 Å². The first-order chi connectivity index (χ1) is 10.1. The Hall–Kier alpha value is -2.14. The summed E-state index contributed by atoms with van der Waals surface area (Å²) in [6.07, 6.45) is 0.823. The van der Waals surface area contributed by atoms with Crippen LogP contribution in [0.25, 0.3) is 0 Å². The summed E-state index contributed by atoms with van der Waals surface area (Å²) < 4.78 is 21.8. The van der Waals surface area contributed by atoms with Crippen molar-refractivity contribution in [3.63, 3.8) is 0 Å². The van der Waals surface area contributed by atoms with Gasteiger partial charge in [0.25, 0.3) is 0 Å². The second-order valence-electron chi connectivity index (χ2n) is 4.58. The summed E-state index contributed by atoms with van der Waals surface area (Å²) in [5.41, 5.74) is 7.07. The smallest absolute Gasteiger partial charge is 0.131 e. The molecule has 5 heteroatoms. The maximum absolute atomic E-state index is 6.33. The Morgan fingerprint density at radius 3 is 2.10 bits per heavy atom. The summed E-state index contributed by atoms with van der Waals surface area (Å²) in [7, 11) is 4.77. The molecule has 21 heavy (non-hydrogen) atoms. The van der Waals surface area contributed by atoms with Crippen LogP contribution in [0.3, 0.4) is 0 Å². The third kappa shape index (κ3) is 2.97. The Balaban J connectivity index is 2.50. The molecule has 2 N–H and O–H groups in total. The molecule has 1 unspecified atom stereocenters. The van der Waals surface area contributed by atoms with Gasteiger partial charge in [-0.2, -0.15) is 0 Å². The van der Waals surface area contributed by atoms with Crippen LogP contribution in [0.4, 0.5) is 0 Å². The summed E-state index contributed by atoms with van der Waals surface area (Å²) in [6, 6.07) is 6.90. The fraction of sp³-hybridized carbons (Fsp3) is 0.375. The molecule has 114 valence electrons. The number of rotatable bonds is 6. The first kappa shape index (κ1) is 15.3. The van der Waals surface area contributed by atoms with E-state index < -0.39 is 6.04 Å². The van der Waals surface area contributed by atoms with Crippen LogP contribution >= 0.6 is 0 Å². The molecule has 0 fully saturated rings. The Morgan fingerprint density at radius 2 is 1.67 bits per heavy atom. The van der Waals surface area contributed by atoms with Gasteiger partial charge in [-0.3, -0.25) is 0 Å². The Bertz CT molecular complexity index is 581. The molecule has 0 aliphatic heterocycles. The van der Waals surface area contributed by atoms with Crippen LogP contribution in [0.1, 0.15) is 30.0 Å². The van der Waals surface area contributed by atoms with E-state index in [0.29, 0.717) is 23.0 Å². The molecule has 0 amide bonds. The monoisotopic (exact) mass is 291 g/mol. The van der Waals surface area contributed by atoms with Crippen molar-refractivity contribution < 1.29 is 18.6 Å². The quantitative estimate of drug-likeness (QED) is 0.886. The summed E-state index contributed by atoms with van der Waals surface area (Å²) in [5, 5.41) is 0. The van der Waals surface area contributed by atoms with E-state index in [9.17, 15) is 0 Å². The molecule has 0 aliphatic carbocycles. The standard InChI is InChI=1S/C16H21NO4/c1-5-10-6-7-12(21-10)16(17)15-13(19-3)8-11(18-2)9-14(15)20-4/h6-9,16H,5,17H2,1-4H3. The Kier molecular flexibility index (Phi) is 4.75. The van der Waals surface area contributed by atoms with Gasteiger partial charge < -0.3 is 24.4 Å². The van der Waals surface area contributed by atoms with E-state index in [0.717, 1.165) is 17.7 Å². The highest BCUT2D eigenvalue weighted by molar-refractivity contribution is 5.54. The van der Waals surface area contributed by atoms with E-state index >= 15 is 0 Å². The number of hydrogen-bond donors (Lipinski definition) is 1. The van der Waals surface area contributed by atoms with Gasteiger partial charge in [-0.15, -0.1) is 0 Å². The normalized spacial score (nSPS) is 12.0. The van der Waals surface area contributed by atoms with Crippen molar-refractivity contribution in [1.82, 2.24) is 0 Å². The number of benzene rings is 1. The van der Waals surface area contributed by atoms with Gasteiger partial charge in [0, 0.05) is 18.6 Å². The van der Waals surface area contributed by atoms with Crippen molar-refractivity contribution in [2.24, 2.45) is 5.73 Å². The average molecular weight is 291 g/mol. The van der Waals surface area contributed by atoms with Crippen molar-refractivity contribution in [2.45, 2.75) is 19.4 Å². The van der Waals surface area contributed by atoms with Gasteiger partial charge in [0.15, 0.2) is 0 Å². The summed E-state index contributed by atoms with van der Waals surface area (Å²) in [5.74, 6) is 3.43. The van der Waals surface area contributed by atoms with Gasteiger partial charge in [-0.05, 0) is 12.1 Å². The topological polar surface area (TPSA) is 66.9 Å². The second-order valence-corrected chi connectivity index (χ2v) is 4.58. The SMILES string of the molecule is CCc1ccc(C(N)c2c(OC)cc(OC)cc2OC)o1. The number of methoxy groups -OCH3 is 3. The highest BCUT2D eigenvalue weighted by Gasteiger charge is 2.23. The second kappa shape index (κ2) is 6.54. The number of aryl methyl sites for hydroxylation is 1. The Morgan fingerprint density at radius 1 is 1.05 bits per heavy atom. The molecule has 1 aromatic carbocycles. The van der Waals surface area contributed by atoms with Gasteiger partial charge in [0.1, 0.15) is 28.8 Å². The van der Waals surface area contributed by atoms with Crippen LogP contribution in [0.2, 0.25) is 0 Å². The molecule has 0 saturated carbocycles. The van der Waals surface area contributed by atoms with E-state index in [1.54, 1.807) is 33.5 Å². The number of ether oxygens (including phenoxy) is 3. The first-order valence-electron chi connectivity index (χ1n) is 6.78. The highest BCUT2D eigenvalue weighted by atomic mass is 16.5. The lowest BCUT2D eigenvalue weighted by Crippen LogP contribution is -2.14. The van der Waals surface area contributed by atoms with Crippen LogP contribution in [0.5, 0.6) is 17.2 Å². The van der Waals surface area contributed by atoms with E-state index in [1.165, 1.54) is 0 Å². The first-order valence-corrected chi connectivity index (χ1v) is 6.78. The van der Waals surface area contributed by atoms with Gasteiger partial charge in [0.05, 0.1) is 32.9 Å². The fourth-order valence-electron chi connectivity index (χ4n) is 2.23. The lowest BCUT2D eigenvalue weighted by Gasteiger charge is -2.18. The van der Waals surface area contributed by atoms with Crippen LogP contribution in [0.15, 0.2) is 28.7 Å². The summed E-state index contributed by atoms with van der Waals surface area (Å²) >= 11 is 0. The van der Waals surface area contributed by atoms with Gasteiger partial charge in [0.2, 0.25) is 0 Å². The zero-order valence-corrected chi connectivity index (χ0v) is 12.8. The molecule has 0 bridgehead atoms. The molecule has 0 radical (unpaired) electrons. The minimum absolute atomic E-state index is 0.471. The van der Waals surface area contributed by atoms with E-state index in [4.69, 9.17) is 24.4 Å². The van der Waals surface area contributed by atoms with Crippen LogP contribution < -0.4 is 19.9 Å². The number of nitrogens with two attached hydrogens (primary N) is 1. The minimum atomic E-state index is -0.471. The van der Waals surface area contributed by atoms with Gasteiger partial charge in [-0.1, -0.05) is 6.92 Å². The Labute approximate surface area is 124 Å². The molecule has 1 atom stereocenters. The largest absolute Gasteiger partial charge is 0.496 e. The van der Waals surface area contributed by atoms with Crippen LogP contribution in [-0.2, 0) is 6.42 Å². The fourth-order valence-corrected chi connectivity index (χ4v) is 2.23. The maximum atomic E-state index is 6.33. The molecule has 1 heterocycles. The molecule has 2 aromatic rings. The predicted molar refractivity (Wildman–Crippen MR) is 80.2 cm³/mol. The lowest BCUT2D eigenvalue weighted by molar-refractivity contribution is 0.361.